The number of rotatable bonds is 3. The molecule has 1 amide bonds. The van der Waals surface area contributed by atoms with E-state index in [1.165, 1.54) is 0 Å². The molecular weight excluding hydrogens is 142 g/mol. The normalized spacial score (nSPS) is 10.4. The van der Waals surface area contributed by atoms with Crippen molar-refractivity contribution in [1.29, 1.82) is 5.26 Å². The maximum Gasteiger partial charge on any atom is 0.233 e. The first-order chi connectivity index (χ1) is 4.95. The summed E-state index contributed by atoms with van der Waals surface area (Å²) in [4.78, 5) is 10.7. The molecule has 4 nitrogen and oxygen atoms in total. The predicted octanol–water partition coefficient (Wildman–Crippen LogP) is 0.101. The molecule has 0 radical (unpaired) electrons. The highest BCUT2D eigenvalue weighted by molar-refractivity contribution is 5.77. The summed E-state index contributed by atoms with van der Waals surface area (Å²) >= 11 is 0. The van der Waals surface area contributed by atoms with Crippen LogP contribution in [0, 0.1) is 11.5 Å². The fraction of sp³-hybridized carbons (Fsp3) is 0.714. The second kappa shape index (κ2) is 3.94. The molecule has 0 aliphatic heterocycles. The highest BCUT2D eigenvalue weighted by atomic mass is 16.1. The number of amides is 1. The summed E-state index contributed by atoms with van der Waals surface area (Å²) < 4.78 is 0. The minimum Gasteiger partial charge on any atom is -0.326 e. The van der Waals surface area contributed by atoms with Crippen LogP contribution < -0.4 is 11.1 Å². The average molecular weight is 155 g/mol. The van der Waals surface area contributed by atoms with Crippen molar-refractivity contribution in [3.05, 3.63) is 0 Å². The Balaban J connectivity index is 3.57. The molecule has 0 heterocycles. The van der Waals surface area contributed by atoms with Crippen LogP contribution in [0.25, 0.3) is 0 Å². The molecular formula is C7H13N3O. The Kier molecular flexibility index (Phi) is 3.55. The maximum absolute atomic E-state index is 10.7. The van der Waals surface area contributed by atoms with Gasteiger partial charge in [0.05, 0.1) is 0 Å². The molecule has 62 valence electrons. The van der Waals surface area contributed by atoms with Crippen molar-refractivity contribution in [2.45, 2.75) is 32.2 Å². The standard InChI is InChI=1S/C7H13N3O/c1-7(2,9)4-3-6(11)10-5-8/h3-4,9H2,1-2H3,(H,10,11). The second-order valence-corrected chi connectivity index (χ2v) is 3.15. The SMILES string of the molecule is CC(C)(N)CCC(=O)NC#N. The van der Waals surface area contributed by atoms with E-state index in [1.54, 1.807) is 6.19 Å². The van der Waals surface area contributed by atoms with Crippen molar-refractivity contribution in [2.75, 3.05) is 0 Å². The molecule has 0 aliphatic rings. The quantitative estimate of drug-likeness (QED) is 0.448. The first-order valence-electron chi connectivity index (χ1n) is 3.42. The minimum absolute atomic E-state index is 0.272. The van der Waals surface area contributed by atoms with E-state index in [2.05, 4.69) is 0 Å². The molecule has 0 atom stereocenters. The van der Waals surface area contributed by atoms with Crippen LogP contribution in [0.15, 0.2) is 0 Å². The lowest BCUT2D eigenvalue weighted by molar-refractivity contribution is -0.120. The first kappa shape index (κ1) is 9.92. The second-order valence-electron chi connectivity index (χ2n) is 3.15. The zero-order chi connectivity index (χ0) is 8.91. The molecule has 4 heteroatoms. The number of carbonyl (C=O) groups excluding carboxylic acids is 1. The summed E-state index contributed by atoms with van der Waals surface area (Å²) in [6, 6.07) is 0. The van der Waals surface area contributed by atoms with E-state index in [9.17, 15) is 4.79 Å². The van der Waals surface area contributed by atoms with Gasteiger partial charge in [0.2, 0.25) is 5.91 Å². The lowest BCUT2D eigenvalue weighted by Gasteiger charge is -2.16. The Hall–Kier alpha value is -1.08. The number of hydrogen-bond donors (Lipinski definition) is 2. The molecule has 0 aromatic heterocycles. The molecule has 11 heavy (non-hydrogen) atoms. The fourth-order valence-electron chi connectivity index (χ4n) is 0.561. The lowest BCUT2D eigenvalue weighted by Crippen LogP contribution is -2.33. The first-order valence-corrected chi connectivity index (χ1v) is 3.42. The van der Waals surface area contributed by atoms with Crippen molar-refractivity contribution < 1.29 is 4.79 Å². The van der Waals surface area contributed by atoms with Crippen molar-refractivity contribution in [3.8, 4) is 6.19 Å². The number of hydrogen-bond acceptors (Lipinski definition) is 3. The largest absolute Gasteiger partial charge is 0.326 e. The Morgan fingerprint density at radius 2 is 2.27 bits per heavy atom. The van der Waals surface area contributed by atoms with Gasteiger partial charge in [-0.1, -0.05) is 0 Å². The molecule has 0 rings (SSSR count). The van der Waals surface area contributed by atoms with Gasteiger partial charge in [0.25, 0.3) is 0 Å². The highest BCUT2D eigenvalue weighted by Gasteiger charge is 2.12. The fourth-order valence-corrected chi connectivity index (χ4v) is 0.561. The van der Waals surface area contributed by atoms with Gasteiger partial charge in [0, 0.05) is 12.0 Å². The molecule has 0 fully saturated rings. The van der Waals surface area contributed by atoms with Gasteiger partial charge in [-0.3, -0.25) is 10.1 Å². The maximum atomic E-state index is 10.7. The monoisotopic (exact) mass is 155 g/mol. The smallest absolute Gasteiger partial charge is 0.233 e. The Bertz CT molecular complexity index is 175. The average Bonchev–Trinajstić information content (AvgIpc) is 1.83. The lowest BCUT2D eigenvalue weighted by atomic mass is 10.00. The van der Waals surface area contributed by atoms with Gasteiger partial charge in [-0.25, -0.2) is 0 Å². The molecule has 0 aromatic carbocycles. The summed E-state index contributed by atoms with van der Waals surface area (Å²) in [6.45, 7) is 3.68. The van der Waals surface area contributed by atoms with Crippen LogP contribution in [0.3, 0.4) is 0 Å². The van der Waals surface area contributed by atoms with Crippen LogP contribution in [0.4, 0.5) is 0 Å². The van der Waals surface area contributed by atoms with E-state index in [-0.39, 0.29) is 11.4 Å². The number of nitrogens with zero attached hydrogens (tertiary/aromatic N) is 1. The summed E-state index contributed by atoms with van der Waals surface area (Å²) in [5.74, 6) is -0.272. The topological polar surface area (TPSA) is 78.9 Å². The van der Waals surface area contributed by atoms with E-state index in [0.29, 0.717) is 12.8 Å². The van der Waals surface area contributed by atoms with E-state index in [0.717, 1.165) is 0 Å². The molecule has 0 spiro atoms. The van der Waals surface area contributed by atoms with Crippen molar-refractivity contribution >= 4 is 5.91 Å². The van der Waals surface area contributed by atoms with E-state index in [1.807, 2.05) is 19.2 Å². The van der Waals surface area contributed by atoms with Gasteiger partial charge >= 0.3 is 0 Å². The summed E-state index contributed by atoms with van der Waals surface area (Å²) in [6.07, 6.45) is 2.45. The number of nitrogens with one attached hydrogen (secondary N) is 1. The van der Waals surface area contributed by atoms with Crippen LogP contribution in [-0.2, 0) is 4.79 Å². The van der Waals surface area contributed by atoms with E-state index in [4.69, 9.17) is 11.0 Å². The predicted molar refractivity (Wildman–Crippen MR) is 41.3 cm³/mol. The highest BCUT2D eigenvalue weighted by Crippen LogP contribution is 2.05. The van der Waals surface area contributed by atoms with Crippen LogP contribution in [0.2, 0.25) is 0 Å². The Morgan fingerprint density at radius 1 is 1.73 bits per heavy atom. The van der Waals surface area contributed by atoms with Gasteiger partial charge in [-0.05, 0) is 20.3 Å². The summed E-state index contributed by atoms with van der Waals surface area (Å²) in [5, 5.41) is 10.1. The third-order valence-corrected chi connectivity index (χ3v) is 1.19. The zero-order valence-electron chi connectivity index (χ0n) is 6.85. The minimum atomic E-state index is -0.340. The van der Waals surface area contributed by atoms with Crippen LogP contribution >= 0.6 is 0 Å². The molecule has 0 saturated carbocycles. The summed E-state index contributed by atoms with van der Waals surface area (Å²) in [5.41, 5.74) is 5.28. The number of nitriles is 1. The molecule has 0 bridgehead atoms. The number of carbonyl (C=O) groups is 1. The zero-order valence-corrected chi connectivity index (χ0v) is 6.85. The summed E-state index contributed by atoms with van der Waals surface area (Å²) in [7, 11) is 0. The number of nitrogens with two attached hydrogens (primary N) is 1. The Labute approximate surface area is 66.4 Å². The van der Waals surface area contributed by atoms with Gasteiger partial charge in [0.1, 0.15) is 0 Å². The Morgan fingerprint density at radius 3 is 2.64 bits per heavy atom. The van der Waals surface area contributed by atoms with Crippen LogP contribution in [0.1, 0.15) is 26.7 Å². The molecule has 0 unspecified atom stereocenters. The van der Waals surface area contributed by atoms with Crippen molar-refractivity contribution in [2.24, 2.45) is 5.73 Å². The van der Waals surface area contributed by atoms with E-state index >= 15 is 0 Å². The third kappa shape index (κ3) is 6.81. The molecule has 3 N–H and O–H groups in total. The van der Waals surface area contributed by atoms with Gasteiger partial charge < -0.3 is 5.73 Å². The molecule has 0 aromatic rings. The van der Waals surface area contributed by atoms with Crippen molar-refractivity contribution in [1.82, 2.24) is 5.32 Å². The molecule has 0 saturated heterocycles. The van der Waals surface area contributed by atoms with Crippen LogP contribution in [0.5, 0.6) is 0 Å². The van der Waals surface area contributed by atoms with Gasteiger partial charge in [-0.15, -0.1) is 0 Å². The van der Waals surface area contributed by atoms with Crippen molar-refractivity contribution in [3.63, 3.8) is 0 Å². The van der Waals surface area contributed by atoms with Crippen LogP contribution in [-0.4, -0.2) is 11.4 Å². The van der Waals surface area contributed by atoms with Gasteiger partial charge in [0.15, 0.2) is 6.19 Å². The molecule has 0 aliphatic carbocycles. The third-order valence-electron chi connectivity index (χ3n) is 1.19. The van der Waals surface area contributed by atoms with Gasteiger partial charge in [-0.2, -0.15) is 5.26 Å². The van der Waals surface area contributed by atoms with E-state index < -0.39 is 0 Å².